The smallest absolute Gasteiger partial charge is 0.335 e. The van der Waals surface area contributed by atoms with Gasteiger partial charge < -0.3 is 61.6 Å². The molecule has 1 aliphatic rings. The summed E-state index contributed by atoms with van der Waals surface area (Å²) in [6.07, 6.45) is -16.9. The Morgan fingerprint density at radius 2 is 1.60 bits per heavy atom. The second-order valence-corrected chi connectivity index (χ2v) is 5.32. The molecule has 0 aromatic carbocycles. The van der Waals surface area contributed by atoms with Crippen LogP contribution in [0.4, 0.5) is 0 Å². The Morgan fingerprint density at radius 3 is 2.04 bits per heavy atom. The van der Waals surface area contributed by atoms with Crippen LogP contribution in [-0.2, 0) is 14.3 Å². The summed E-state index contributed by atoms with van der Waals surface area (Å²) in [5.74, 6) is -1.84. The minimum Gasteiger partial charge on any atom is -0.479 e. The van der Waals surface area contributed by atoms with Gasteiger partial charge in [-0.2, -0.15) is 0 Å². The number of carboxylic acid groups (broad SMARTS) is 1. The summed E-state index contributed by atoms with van der Waals surface area (Å²) in [7, 11) is 0. The molecule has 0 unspecified atom stereocenters. The molecule has 0 aliphatic carbocycles. The fraction of sp³-hybridized carbons (Fsp3) is 0.917. The van der Waals surface area contributed by atoms with Crippen LogP contribution in [0.5, 0.6) is 0 Å². The van der Waals surface area contributed by atoms with Crippen molar-refractivity contribution in [3.8, 4) is 0 Å². The van der Waals surface area contributed by atoms with Gasteiger partial charge in [0.05, 0.1) is 13.2 Å². The highest BCUT2D eigenvalue weighted by atomic mass is 16.7. The highest BCUT2D eigenvalue weighted by molar-refractivity contribution is 5.72. The molecule has 0 radical (unpaired) electrons. The fourth-order valence-electron chi connectivity index (χ4n) is 2.16. The zero-order valence-corrected chi connectivity index (χ0v) is 13.1. The Balaban J connectivity index is 0.00000576. The SMILES string of the molecule is N.O=C(O)[C@H](O)[C@@H](O)[C@H](O[C@@H]1O[C@H](CO)[C@@H](O)[C@H](O)[C@H]1O)[C@H](O)CO. The van der Waals surface area contributed by atoms with Crippen molar-refractivity contribution in [2.75, 3.05) is 13.2 Å². The van der Waals surface area contributed by atoms with Crippen LogP contribution < -0.4 is 6.15 Å². The topological polar surface area (TPSA) is 253 Å². The summed E-state index contributed by atoms with van der Waals surface area (Å²) in [6, 6.07) is 0. The molecule has 1 heterocycles. The number of carboxylic acids is 1. The van der Waals surface area contributed by atoms with E-state index in [0.717, 1.165) is 0 Å². The van der Waals surface area contributed by atoms with Gasteiger partial charge >= 0.3 is 5.97 Å². The third-order valence-corrected chi connectivity index (χ3v) is 3.62. The molecule has 1 fully saturated rings. The van der Waals surface area contributed by atoms with Crippen molar-refractivity contribution in [1.82, 2.24) is 6.15 Å². The first-order valence-electron chi connectivity index (χ1n) is 6.99. The van der Waals surface area contributed by atoms with E-state index in [0.29, 0.717) is 0 Å². The molecule has 1 saturated heterocycles. The van der Waals surface area contributed by atoms with E-state index in [1.807, 2.05) is 0 Å². The highest BCUT2D eigenvalue weighted by Gasteiger charge is 2.47. The summed E-state index contributed by atoms with van der Waals surface area (Å²) >= 11 is 0. The molecule has 0 amide bonds. The minimum atomic E-state index is -2.39. The summed E-state index contributed by atoms with van der Waals surface area (Å²) in [6.45, 7) is -1.76. The number of aliphatic hydroxyl groups is 8. The van der Waals surface area contributed by atoms with Crippen molar-refractivity contribution in [2.45, 2.75) is 55.1 Å². The molecule has 9 atom stereocenters. The maximum atomic E-state index is 10.7. The number of carbonyl (C=O) groups is 1. The number of hydrogen-bond acceptors (Lipinski definition) is 12. The molecule has 13 heteroatoms. The predicted octanol–water partition coefficient (Wildman–Crippen LogP) is -5.51. The number of hydrogen-bond donors (Lipinski definition) is 10. The molecule has 1 rings (SSSR count). The summed E-state index contributed by atoms with van der Waals surface area (Å²) in [4.78, 5) is 10.7. The van der Waals surface area contributed by atoms with Gasteiger partial charge in [-0.25, -0.2) is 4.79 Å². The Kier molecular flexibility index (Phi) is 9.85. The van der Waals surface area contributed by atoms with Gasteiger partial charge in [0.2, 0.25) is 0 Å². The molecular formula is C12H25NO12. The van der Waals surface area contributed by atoms with Crippen molar-refractivity contribution in [2.24, 2.45) is 0 Å². The van der Waals surface area contributed by atoms with Gasteiger partial charge in [0.1, 0.15) is 42.7 Å². The maximum Gasteiger partial charge on any atom is 0.335 e. The van der Waals surface area contributed by atoms with Crippen LogP contribution in [0.1, 0.15) is 0 Å². The Hall–Kier alpha value is -0.970. The third kappa shape index (κ3) is 5.50. The van der Waals surface area contributed by atoms with Crippen LogP contribution in [0.15, 0.2) is 0 Å². The quantitative estimate of drug-likeness (QED) is 0.190. The molecule has 0 aromatic heterocycles. The van der Waals surface area contributed by atoms with Gasteiger partial charge in [-0.3, -0.25) is 0 Å². The van der Waals surface area contributed by atoms with Crippen LogP contribution >= 0.6 is 0 Å². The van der Waals surface area contributed by atoms with E-state index in [-0.39, 0.29) is 6.15 Å². The first-order chi connectivity index (χ1) is 11.1. The standard InChI is InChI=1S/C12H22O12.H3N/c13-1-3(15)10(7(18)8(19)11(21)22)24-12-9(20)6(17)5(16)4(2-14)23-12;/h3-10,12-20H,1-2H2,(H,21,22);1H3/t3-,4-,5-,6+,7-,8-,9-,10-,12+;/m1./s1. The molecule has 1 aliphatic heterocycles. The lowest BCUT2D eigenvalue weighted by Gasteiger charge is -2.42. The second-order valence-electron chi connectivity index (χ2n) is 5.32. The van der Waals surface area contributed by atoms with Gasteiger partial charge in [-0.05, 0) is 0 Å². The summed E-state index contributed by atoms with van der Waals surface area (Å²) < 4.78 is 9.98. The molecule has 0 aromatic rings. The molecule has 12 N–H and O–H groups in total. The molecule has 0 saturated carbocycles. The first kappa shape index (κ1) is 24.0. The van der Waals surface area contributed by atoms with Crippen molar-refractivity contribution >= 4 is 5.97 Å². The van der Waals surface area contributed by atoms with Crippen molar-refractivity contribution in [1.29, 1.82) is 0 Å². The fourth-order valence-corrected chi connectivity index (χ4v) is 2.16. The zero-order valence-electron chi connectivity index (χ0n) is 13.1. The van der Waals surface area contributed by atoms with E-state index in [2.05, 4.69) is 0 Å². The Bertz CT molecular complexity index is 410. The Morgan fingerprint density at radius 1 is 1.04 bits per heavy atom. The highest BCUT2D eigenvalue weighted by Crippen LogP contribution is 2.24. The molecular weight excluding hydrogens is 350 g/mol. The minimum absolute atomic E-state index is 0. The summed E-state index contributed by atoms with van der Waals surface area (Å²) in [5.41, 5.74) is 0. The normalized spacial score (nSPS) is 34.5. The third-order valence-electron chi connectivity index (χ3n) is 3.62. The lowest BCUT2D eigenvalue weighted by molar-refractivity contribution is -0.326. The van der Waals surface area contributed by atoms with E-state index in [4.69, 9.17) is 24.8 Å². The predicted molar refractivity (Wildman–Crippen MR) is 76.4 cm³/mol. The maximum absolute atomic E-state index is 10.7. The van der Waals surface area contributed by atoms with E-state index in [1.165, 1.54) is 0 Å². The largest absolute Gasteiger partial charge is 0.479 e. The first-order valence-corrected chi connectivity index (χ1v) is 6.99. The van der Waals surface area contributed by atoms with Crippen LogP contribution in [0, 0.1) is 0 Å². The Labute approximate surface area is 141 Å². The zero-order chi connectivity index (χ0) is 18.6. The van der Waals surface area contributed by atoms with E-state index >= 15 is 0 Å². The van der Waals surface area contributed by atoms with Crippen molar-refractivity contribution < 1.29 is 60.2 Å². The van der Waals surface area contributed by atoms with Crippen molar-refractivity contribution in [3.05, 3.63) is 0 Å². The van der Waals surface area contributed by atoms with Crippen LogP contribution in [-0.4, -0.2) is 120 Å². The van der Waals surface area contributed by atoms with Gasteiger partial charge in [-0.15, -0.1) is 0 Å². The molecule has 150 valence electrons. The lowest BCUT2D eigenvalue weighted by atomic mass is 9.98. The van der Waals surface area contributed by atoms with Gasteiger partial charge in [-0.1, -0.05) is 0 Å². The summed E-state index contributed by atoms with van der Waals surface area (Å²) in [5, 5.41) is 84.5. The van der Waals surface area contributed by atoms with Gasteiger partial charge in [0, 0.05) is 0 Å². The number of aliphatic hydroxyl groups excluding tert-OH is 8. The van der Waals surface area contributed by atoms with Crippen molar-refractivity contribution in [3.63, 3.8) is 0 Å². The molecule has 13 nitrogen and oxygen atoms in total. The number of ether oxygens (including phenoxy) is 2. The average molecular weight is 375 g/mol. The van der Waals surface area contributed by atoms with Gasteiger partial charge in [0.15, 0.2) is 12.4 Å². The average Bonchev–Trinajstić information content (AvgIpc) is 2.57. The number of aliphatic carboxylic acids is 1. The van der Waals surface area contributed by atoms with Crippen LogP contribution in [0.2, 0.25) is 0 Å². The molecule has 0 bridgehead atoms. The van der Waals surface area contributed by atoms with E-state index in [9.17, 15) is 35.4 Å². The van der Waals surface area contributed by atoms with Crippen LogP contribution in [0.25, 0.3) is 0 Å². The molecule has 25 heavy (non-hydrogen) atoms. The van der Waals surface area contributed by atoms with E-state index in [1.54, 1.807) is 0 Å². The lowest BCUT2D eigenvalue weighted by Crippen LogP contribution is -2.61. The van der Waals surface area contributed by atoms with E-state index < -0.39 is 74.3 Å². The van der Waals surface area contributed by atoms with Gasteiger partial charge in [0.25, 0.3) is 0 Å². The monoisotopic (exact) mass is 375 g/mol. The second kappa shape index (κ2) is 10.2. The van der Waals surface area contributed by atoms with Crippen LogP contribution in [0.3, 0.4) is 0 Å². The molecule has 0 spiro atoms. The number of rotatable bonds is 8.